The third-order valence-electron chi connectivity index (χ3n) is 2.48. The first-order valence-electron chi connectivity index (χ1n) is 5.79. The minimum Gasteiger partial charge on any atom is -0.497 e. The molecule has 4 nitrogen and oxygen atoms in total. The second-order valence-electron chi connectivity index (χ2n) is 3.86. The summed E-state index contributed by atoms with van der Waals surface area (Å²) in [6, 6.07) is 5.26. The van der Waals surface area contributed by atoms with Crippen molar-refractivity contribution in [3.63, 3.8) is 0 Å². The Labute approximate surface area is 102 Å². The van der Waals surface area contributed by atoms with Crippen LogP contribution in [0.3, 0.4) is 0 Å². The molecule has 0 saturated carbocycles. The van der Waals surface area contributed by atoms with Crippen molar-refractivity contribution in [2.75, 3.05) is 13.7 Å². The first-order chi connectivity index (χ1) is 8.19. The molecular formula is C12H19BO4. The number of hydrogen-bond acceptors (Lipinski definition) is 4. The van der Waals surface area contributed by atoms with E-state index in [1.165, 1.54) is 7.11 Å². The maximum Gasteiger partial charge on any atom is 0.492 e. The number of benzene rings is 1. The fraction of sp³-hybridized carbons (Fsp3) is 0.500. The van der Waals surface area contributed by atoms with E-state index in [4.69, 9.17) is 9.47 Å². The summed E-state index contributed by atoms with van der Waals surface area (Å²) in [6.07, 6.45) is 2.13. The molecular weight excluding hydrogens is 219 g/mol. The highest BCUT2D eigenvalue weighted by Crippen LogP contribution is 2.11. The van der Waals surface area contributed by atoms with Crippen molar-refractivity contribution in [3.05, 3.63) is 23.8 Å². The molecule has 0 aliphatic heterocycles. The molecule has 2 N–H and O–H groups in total. The molecule has 1 aromatic rings. The van der Waals surface area contributed by atoms with Gasteiger partial charge in [-0.2, -0.15) is 0 Å². The Balaban J connectivity index is 2.64. The van der Waals surface area contributed by atoms with Crippen LogP contribution < -0.4 is 10.2 Å². The van der Waals surface area contributed by atoms with Gasteiger partial charge in [-0.1, -0.05) is 25.5 Å². The highest BCUT2D eigenvalue weighted by molar-refractivity contribution is 6.59. The first kappa shape index (κ1) is 14.0. The lowest BCUT2D eigenvalue weighted by Crippen LogP contribution is -2.31. The van der Waals surface area contributed by atoms with E-state index in [1.807, 2.05) is 6.07 Å². The van der Waals surface area contributed by atoms with Gasteiger partial charge in [0.15, 0.2) is 0 Å². The lowest BCUT2D eigenvalue weighted by Gasteiger charge is -2.10. The van der Waals surface area contributed by atoms with Gasteiger partial charge in [-0.05, 0) is 18.1 Å². The topological polar surface area (TPSA) is 58.9 Å². The molecule has 0 atom stereocenters. The summed E-state index contributed by atoms with van der Waals surface area (Å²) in [5.41, 5.74) is 1.27. The molecule has 0 fully saturated rings. The molecule has 0 spiro atoms. The van der Waals surface area contributed by atoms with E-state index in [2.05, 4.69) is 6.92 Å². The van der Waals surface area contributed by atoms with E-state index in [0.29, 0.717) is 17.8 Å². The zero-order valence-corrected chi connectivity index (χ0v) is 10.3. The summed E-state index contributed by atoms with van der Waals surface area (Å²) < 4.78 is 10.5. The Bertz CT molecular complexity index is 341. The van der Waals surface area contributed by atoms with Crippen LogP contribution in [0, 0.1) is 0 Å². The van der Waals surface area contributed by atoms with Crippen LogP contribution in [0.15, 0.2) is 18.2 Å². The molecule has 0 radical (unpaired) electrons. The normalized spacial score (nSPS) is 10.4. The van der Waals surface area contributed by atoms with E-state index in [-0.39, 0.29) is 0 Å². The Hall–Kier alpha value is -1.04. The van der Waals surface area contributed by atoms with Gasteiger partial charge in [-0.15, -0.1) is 0 Å². The van der Waals surface area contributed by atoms with Crippen LogP contribution in [0.4, 0.5) is 0 Å². The van der Waals surface area contributed by atoms with Gasteiger partial charge in [-0.25, -0.2) is 0 Å². The monoisotopic (exact) mass is 238 g/mol. The predicted molar refractivity (Wildman–Crippen MR) is 67.4 cm³/mol. The van der Waals surface area contributed by atoms with Crippen molar-refractivity contribution in [2.24, 2.45) is 0 Å². The van der Waals surface area contributed by atoms with Gasteiger partial charge in [0, 0.05) is 12.1 Å². The fourth-order valence-corrected chi connectivity index (χ4v) is 1.51. The highest BCUT2D eigenvalue weighted by Gasteiger charge is 2.17. The Morgan fingerprint density at radius 2 is 2.06 bits per heavy atom. The van der Waals surface area contributed by atoms with Gasteiger partial charge in [0.1, 0.15) is 5.75 Å². The SMILES string of the molecule is CCCCOCc1ccc(OC)c(B(O)O)c1. The second-order valence-corrected chi connectivity index (χ2v) is 3.86. The summed E-state index contributed by atoms with van der Waals surface area (Å²) in [4.78, 5) is 0. The Morgan fingerprint density at radius 3 is 2.65 bits per heavy atom. The number of hydrogen-bond donors (Lipinski definition) is 2. The van der Waals surface area contributed by atoms with E-state index >= 15 is 0 Å². The van der Waals surface area contributed by atoms with Crippen LogP contribution in [0.1, 0.15) is 25.3 Å². The average molecular weight is 238 g/mol. The minimum absolute atomic E-state index is 0.365. The number of methoxy groups -OCH3 is 1. The minimum atomic E-state index is -1.53. The summed E-state index contributed by atoms with van der Waals surface area (Å²) in [7, 11) is -0.0286. The van der Waals surface area contributed by atoms with Crippen LogP contribution in [0.5, 0.6) is 5.75 Å². The molecule has 0 aliphatic carbocycles. The smallest absolute Gasteiger partial charge is 0.492 e. The standard InChI is InChI=1S/C12H19BO4/c1-3-4-7-17-9-10-5-6-12(16-2)11(8-10)13(14)15/h5-6,8,14-15H,3-4,7,9H2,1-2H3. The van der Waals surface area contributed by atoms with Gasteiger partial charge in [-0.3, -0.25) is 0 Å². The molecule has 0 saturated heterocycles. The van der Waals surface area contributed by atoms with Gasteiger partial charge >= 0.3 is 7.12 Å². The number of unbranched alkanes of at least 4 members (excludes halogenated alkanes) is 1. The molecule has 0 amide bonds. The van der Waals surface area contributed by atoms with Gasteiger partial charge in [0.05, 0.1) is 13.7 Å². The maximum absolute atomic E-state index is 9.20. The number of rotatable bonds is 7. The molecule has 0 unspecified atom stereocenters. The lowest BCUT2D eigenvalue weighted by molar-refractivity contribution is 0.118. The van der Waals surface area contributed by atoms with E-state index in [1.54, 1.807) is 12.1 Å². The molecule has 94 valence electrons. The van der Waals surface area contributed by atoms with Crippen LogP contribution in [-0.2, 0) is 11.3 Å². The van der Waals surface area contributed by atoms with E-state index in [9.17, 15) is 10.0 Å². The highest BCUT2D eigenvalue weighted by atomic mass is 16.5. The lowest BCUT2D eigenvalue weighted by atomic mass is 9.79. The molecule has 1 rings (SSSR count). The molecule has 0 bridgehead atoms. The van der Waals surface area contributed by atoms with Crippen LogP contribution >= 0.6 is 0 Å². The zero-order chi connectivity index (χ0) is 12.7. The summed E-state index contributed by atoms with van der Waals surface area (Å²) in [5, 5.41) is 18.4. The third-order valence-corrected chi connectivity index (χ3v) is 2.48. The van der Waals surface area contributed by atoms with Crippen molar-refractivity contribution in [1.29, 1.82) is 0 Å². The molecule has 0 heterocycles. The van der Waals surface area contributed by atoms with Crippen molar-refractivity contribution in [1.82, 2.24) is 0 Å². The van der Waals surface area contributed by atoms with Crippen molar-refractivity contribution >= 4 is 12.6 Å². The Kier molecular flexibility index (Phi) is 6.04. The van der Waals surface area contributed by atoms with Crippen molar-refractivity contribution in [3.8, 4) is 5.75 Å². The molecule has 5 heteroatoms. The summed E-state index contributed by atoms with van der Waals surface area (Å²) >= 11 is 0. The van der Waals surface area contributed by atoms with Crippen molar-refractivity contribution < 1.29 is 19.5 Å². The average Bonchev–Trinajstić information content (AvgIpc) is 2.34. The molecule has 1 aromatic carbocycles. The Morgan fingerprint density at radius 1 is 1.29 bits per heavy atom. The molecule has 0 aromatic heterocycles. The number of ether oxygens (including phenoxy) is 2. The largest absolute Gasteiger partial charge is 0.497 e. The van der Waals surface area contributed by atoms with Crippen molar-refractivity contribution in [2.45, 2.75) is 26.4 Å². The molecule has 17 heavy (non-hydrogen) atoms. The summed E-state index contributed by atoms with van der Waals surface area (Å²) in [6.45, 7) is 3.31. The van der Waals surface area contributed by atoms with E-state index < -0.39 is 7.12 Å². The molecule has 0 aliphatic rings. The van der Waals surface area contributed by atoms with Crippen LogP contribution in [0.2, 0.25) is 0 Å². The quantitative estimate of drug-likeness (QED) is 0.542. The zero-order valence-electron chi connectivity index (χ0n) is 10.3. The van der Waals surface area contributed by atoms with Gasteiger partial charge < -0.3 is 19.5 Å². The third kappa shape index (κ3) is 4.38. The predicted octanol–water partition coefficient (Wildman–Crippen LogP) is 0.692. The summed E-state index contributed by atoms with van der Waals surface area (Å²) in [5.74, 6) is 0.470. The van der Waals surface area contributed by atoms with Gasteiger partial charge in [0.25, 0.3) is 0 Å². The maximum atomic E-state index is 9.20. The first-order valence-corrected chi connectivity index (χ1v) is 5.79. The fourth-order valence-electron chi connectivity index (χ4n) is 1.51. The van der Waals surface area contributed by atoms with E-state index in [0.717, 1.165) is 25.0 Å². The van der Waals surface area contributed by atoms with Gasteiger partial charge in [0.2, 0.25) is 0 Å². The van der Waals surface area contributed by atoms with Crippen LogP contribution in [0.25, 0.3) is 0 Å². The second kappa shape index (κ2) is 7.32. The van der Waals surface area contributed by atoms with Crippen LogP contribution in [-0.4, -0.2) is 30.9 Å².